The first-order valence-electron chi connectivity index (χ1n) is 7.89. The van der Waals surface area contributed by atoms with Gasteiger partial charge < -0.3 is 20.7 Å². The minimum absolute atomic E-state index is 0.221. The highest BCUT2D eigenvalue weighted by atomic mass is 16.3. The van der Waals surface area contributed by atoms with Crippen molar-refractivity contribution in [1.29, 1.82) is 0 Å². The van der Waals surface area contributed by atoms with Gasteiger partial charge in [0.25, 0.3) is 5.91 Å². The van der Waals surface area contributed by atoms with Gasteiger partial charge in [0.05, 0.1) is 17.4 Å². The van der Waals surface area contributed by atoms with E-state index in [0.29, 0.717) is 17.5 Å². The van der Waals surface area contributed by atoms with E-state index in [9.17, 15) is 14.7 Å². The first-order valence-corrected chi connectivity index (χ1v) is 7.89. The molecule has 4 N–H and O–H groups in total. The first kappa shape index (κ1) is 17.9. The number of aromatic nitrogens is 3. The number of nitrogens with one attached hydrogen (secondary N) is 3. The molecule has 2 amide bonds. The van der Waals surface area contributed by atoms with Crippen LogP contribution < -0.4 is 10.6 Å². The van der Waals surface area contributed by atoms with Crippen LogP contribution in [0.4, 0.5) is 0 Å². The number of carbonyl (C=O) groups is 2. The number of aliphatic hydroxyl groups excluding tert-OH is 1. The number of carbonyl (C=O) groups excluding carboxylic acids is 2. The van der Waals surface area contributed by atoms with Gasteiger partial charge in [-0.2, -0.15) is 0 Å². The third-order valence-electron chi connectivity index (χ3n) is 4.19. The molecule has 0 bridgehead atoms. The zero-order valence-corrected chi connectivity index (χ0v) is 14.1. The van der Waals surface area contributed by atoms with Crippen molar-refractivity contribution < 1.29 is 14.7 Å². The fourth-order valence-electron chi connectivity index (χ4n) is 2.18. The van der Waals surface area contributed by atoms with Gasteiger partial charge in [-0.05, 0) is 26.3 Å². The normalized spacial score (nSPS) is 14.8. The molecular weight excluding hydrogens is 310 g/mol. The van der Waals surface area contributed by atoms with Gasteiger partial charge in [0, 0.05) is 18.8 Å². The lowest BCUT2D eigenvalue weighted by Crippen LogP contribution is -2.48. The maximum atomic E-state index is 12.3. The number of aliphatic hydroxyl groups is 1. The van der Waals surface area contributed by atoms with E-state index < -0.39 is 5.41 Å². The Morgan fingerprint density at radius 3 is 2.83 bits per heavy atom. The monoisotopic (exact) mass is 333 g/mol. The van der Waals surface area contributed by atoms with Gasteiger partial charge in [0.15, 0.2) is 0 Å². The first-order chi connectivity index (χ1) is 11.4. The molecule has 0 aromatic carbocycles. The molecular formula is C16H23N5O3. The Bertz CT molecular complexity index is 723. The van der Waals surface area contributed by atoms with Crippen LogP contribution in [0, 0.1) is 5.41 Å². The molecule has 2 aromatic heterocycles. The van der Waals surface area contributed by atoms with Gasteiger partial charge in [0.2, 0.25) is 5.91 Å². The summed E-state index contributed by atoms with van der Waals surface area (Å²) in [5.74, 6) is -0.562. The van der Waals surface area contributed by atoms with Gasteiger partial charge >= 0.3 is 0 Å². The lowest BCUT2D eigenvalue weighted by atomic mass is 9.87. The van der Waals surface area contributed by atoms with Gasteiger partial charge in [-0.1, -0.05) is 6.92 Å². The zero-order chi connectivity index (χ0) is 17.7. The molecule has 0 aliphatic carbocycles. The van der Waals surface area contributed by atoms with Crippen LogP contribution in [0.15, 0.2) is 18.6 Å². The fraction of sp³-hybridized carbons (Fsp3) is 0.500. The number of aromatic amines is 1. The third-order valence-corrected chi connectivity index (χ3v) is 4.19. The smallest absolute Gasteiger partial charge is 0.270 e. The molecule has 0 aliphatic rings. The summed E-state index contributed by atoms with van der Waals surface area (Å²) < 4.78 is 0. The summed E-state index contributed by atoms with van der Waals surface area (Å²) in [5, 5.41) is 15.6. The van der Waals surface area contributed by atoms with Crippen LogP contribution in [0.2, 0.25) is 0 Å². The van der Waals surface area contributed by atoms with E-state index in [-0.39, 0.29) is 36.7 Å². The average Bonchev–Trinajstić information content (AvgIpc) is 3.07. The Labute approximate surface area is 140 Å². The second kappa shape index (κ2) is 7.39. The van der Waals surface area contributed by atoms with Crippen LogP contribution in [0.25, 0.3) is 11.0 Å². The summed E-state index contributed by atoms with van der Waals surface area (Å²) in [4.78, 5) is 35.5. The summed E-state index contributed by atoms with van der Waals surface area (Å²) in [7, 11) is 0. The van der Waals surface area contributed by atoms with E-state index in [2.05, 4.69) is 25.6 Å². The number of nitrogens with zero attached hydrogens (tertiary/aromatic N) is 2. The molecule has 0 aliphatic heterocycles. The van der Waals surface area contributed by atoms with E-state index in [0.717, 1.165) is 0 Å². The second-order valence-corrected chi connectivity index (χ2v) is 6.12. The number of H-pyrrole nitrogens is 1. The lowest BCUT2D eigenvalue weighted by Gasteiger charge is -2.26. The van der Waals surface area contributed by atoms with Crippen LogP contribution in [0.5, 0.6) is 0 Å². The standard InChI is InChI=1S/C16H23N5O3/c1-4-16(3,8-22)15(24)21-10(2)7-18-14(23)12-11-5-6-17-13(11)20-9-19-12/h5-6,9-10,22H,4,7-8H2,1-3H3,(H,18,23)(H,21,24)(H,17,19,20). The molecule has 0 spiro atoms. The van der Waals surface area contributed by atoms with Crippen molar-refractivity contribution >= 4 is 22.8 Å². The number of hydrogen-bond donors (Lipinski definition) is 4. The van der Waals surface area contributed by atoms with E-state index in [4.69, 9.17) is 0 Å². The average molecular weight is 333 g/mol. The summed E-state index contributed by atoms with van der Waals surface area (Å²) in [6.07, 6.45) is 3.55. The number of fused-ring (bicyclic) bond motifs is 1. The Morgan fingerprint density at radius 2 is 2.17 bits per heavy atom. The van der Waals surface area contributed by atoms with E-state index >= 15 is 0 Å². The summed E-state index contributed by atoms with van der Waals surface area (Å²) in [6.45, 7) is 5.38. The molecule has 2 atom stereocenters. The van der Waals surface area contributed by atoms with Crippen LogP contribution in [-0.2, 0) is 4.79 Å². The molecule has 2 unspecified atom stereocenters. The highest BCUT2D eigenvalue weighted by molar-refractivity contribution is 6.03. The highest BCUT2D eigenvalue weighted by Crippen LogP contribution is 2.20. The van der Waals surface area contributed by atoms with E-state index in [1.54, 1.807) is 26.1 Å². The van der Waals surface area contributed by atoms with Crippen molar-refractivity contribution in [2.24, 2.45) is 5.41 Å². The van der Waals surface area contributed by atoms with Crippen LogP contribution in [0.3, 0.4) is 0 Å². The van der Waals surface area contributed by atoms with Crippen molar-refractivity contribution in [2.45, 2.75) is 33.2 Å². The van der Waals surface area contributed by atoms with Crippen molar-refractivity contribution in [3.05, 3.63) is 24.3 Å². The molecule has 24 heavy (non-hydrogen) atoms. The maximum Gasteiger partial charge on any atom is 0.270 e. The topological polar surface area (TPSA) is 120 Å². The highest BCUT2D eigenvalue weighted by Gasteiger charge is 2.31. The Balaban J connectivity index is 1.94. The molecule has 0 radical (unpaired) electrons. The summed E-state index contributed by atoms with van der Waals surface area (Å²) in [6, 6.07) is 1.46. The predicted molar refractivity (Wildman–Crippen MR) is 89.3 cm³/mol. The van der Waals surface area contributed by atoms with Crippen molar-refractivity contribution in [1.82, 2.24) is 25.6 Å². The summed E-state index contributed by atoms with van der Waals surface area (Å²) in [5.41, 5.74) is 0.0639. The van der Waals surface area contributed by atoms with Crippen LogP contribution in [-0.4, -0.2) is 51.1 Å². The van der Waals surface area contributed by atoms with Gasteiger partial charge in [-0.3, -0.25) is 9.59 Å². The zero-order valence-electron chi connectivity index (χ0n) is 14.1. The predicted octanol–water partition coefficient (Wildman–Crippen LogP) is 0.601. The third kappa shape index (κ3) is 3.70. The van der Waals surface area contributed by atoms with E-state index in [1.807, 2.05) is 6.92 Å². The molecule has 2 aromatic rings. The van der Waals surface area contributed by atoms with E-state index in [1.165, 1.54) is 6.33 Å². The Morgan fingerprint density at radius 1 is 1.42 bits per heavy atom. The van der Waals surface area contributed by atoms with Gasteiger partial charge in [0.1, 0.15) is 17.7 Å². The number of hydrogen-bond acceptors (Lipinski definition) is 5. The van der Waals surface area contributed by atoms with Crippen LogP contribution >= 0.6 is 0 Å². The van der Waals surface area contributed by atoms with Gasteiger partial charge in [-0.25, -0.2) is 9.97 Å². The SMILES string of the molecule is CCC(C)(CO)C(=O)NC(C)CNC(=O)c1ncnc2[nH]ccc12. The fourth-order valence-corrected chi connectivity index (χ4v) is 2.18. The quantitative estimate of drug-likeness (QED) is 0.591. The molecule has 8 nitrogen and oxygen atoms in total. The largest absolute Gasteiger partial charge is 0.395 e. The Kier molecular flexibility index (Phi) is 5.50. The molecule has 8 heteroatoms. The van der Waals surface area contributed by atoms with Crippen molar-refractivity contribution in [2.75, 3.05) is 13.2 Å². The molecule has 2 rings (SSSR count). The lowest BCUT2D eigenvalue weighted by molar-refractivity contribution is -0.133. The number of amides is 2. The number of rotatable bonds is 7. The molecule has 2 heterocycles. The molecule has 0 saturated heterocycles. The van der Waals surface area contributed by atoms with Crippen molar-refractivity contribution in [3.63, 3.8) is 0 Å². The molecule has 0 fully saturated rings. The minimum atomic E-state index is -0.817. The van der Waals surface area contributed by atoms with Crippen molar-refractivity contribution in [3.8, 4) is 0 Å². The molecule has 0 saturated carbocycles. The Hall–Kier alpha value is -2.48. The molecule has 130 valence electrons. The maximum absolute atomic E-state index is 12.3. The minimum Gasteiger partial charge on any atom is -0.395 e. The summed E-state index contributed by atoms with van der Waals surface area (Å²) >= 11 is 0. The second-order valence-electron chi connectivity index (χ2n) is 6.12. The van der Waals surface area contributed by atoms with Crippen LogP contribution in [0.1, 0.15) is 37.7 Å². The van der Waals surface area contributed by atoms with Gasteiger partial charge in [-0.15, -0.1) is 0 Å².